The average molecular weight is 1030 g/mol. The summed E-state index contributed by atoms with van der Waals surface area (Å²) in [6.07, 6.45) is 1.80. The Hall–Kier alpha value is -9.38. The topological polar surface area (TPSA) is 32.8 Å². The van der Waals surface area contributed by atoms with Crippen molar-refractivity contribution in [1.29, 1.82) is 0 Å². The van der Waals surface area contributed by atoms with Gasteiger partial charge in [0.15, 0.2) is 0 Å². The fraction of sp³-hybridized carbons (Fsp3) is 0.132. The van der Waals surface area contributed by atoms with E-state index in [0.717, 1.165) is 101 Å². The molecule has 0 radical (unpaired) electrons. The maximum absolute atomic E-state index is 6.80. The Labute approximate surface area is 465 Å². The monoisotopic (exact) mass is 1030 g/mol. The van der Waals surface area contributed by atoms with Crippen LogP contribution in [-0.2, 0) is 23.7 Å². The number of rotatable bonds is 6. The van der Waals surface area contributed by atoms with Crippen molar-refractivity contribution in [1.82, 2.24) is 0 Å². The molecule has 0 aliphatic heterocycles. The smallest absolute Gasteiger partial charge is 0.136 e. The first-order valence-electron chi connectivity index (χ1n) is 28.2. The molecule has 2 aliphatic carbocycles. The van der Waals surface area contributed by atoms with E-state index in [1.807, 2.05) is 0 Å². The van der Waals surface area contributed by atoms with Gasteiger partial charge >= 0.3 is 0 Å². The highest BCUT2D eigenvalue weighted by molar-refractivity contribution is 6.18. The van der Waals surface area contributed by atoms with Gasteiger partial charge in [0.2, 0.25) is 0 Å². The number of hydrogen-bond donors (Lipinski definition) is 0. The molecule has 2 aliphatic rings. The van der Waals surface area contributed by atoms with Gasteiger partial charge in [-0.1, -0.05) is 151 Å². The minimum atomic E-state index is 0.0486. The van der Waals surface area contributed by atoms with Gasteiger partial charge in [0.1, 0.15) is 22.3 Å². The average Bonchev–Trinajstić information content (AvgIpc) is 4.36. The van der Waals surface area contributed by atoms with Crippen LogP contribution in [0.1, 0.15) is 74.9 Å². The molecule has 12 aromatic carbocycles. The summed E-state index contributed by atoms with van der Waals surface area (Å²) in [6.45, 7) is 13.9. The number of para-hydroxylation sites is 2. The third-order valence-corrected chi connectivity index (χ3v) is 17.5. The Morgan fingerprint density at radius 2 is 0.625 bits per heavy atom. The first-order chi connectivity index (χ1) is 38.9. The highest BCUT2D eigenvalue weighted by Gasteiger charge is 2.32. The molecule has 16 rings (SSSR count). The first kappa shape index (κ1) is 46.7. The minimum Gasteiger partial charge on any atom is -0.456 e. The predicted octanol–water partition coefficient (Wildman–Crippen LogP) is 21.6. The van der Waals surface area contributed by atoms with Crippen molar-refractivity contribution in [2.24, 2.45) is 0 Å². The van der Waals surface area contributed by atoms with Gasteiger partial charge < -0.3 is 18.6 Å². The lowest BCUT2D eigenvalue weighted by molar-refractivity contribution is 0.585. The van der Waals surface area contributed by atoms with Crippen molar-refractivity contribution in [2.75, 3.05) is 9.80 Å². The number of furan rings is 2. The Bertz CT molecular complexity index is 4600. The molecule has 14 aromatic rings. The highest BCUT2D eigenvalue weighted by atomic mass is 16.3. The summed E-state index contributed by atoms with van der Waals surface area (Å²) in [5.74, 6) is 0. The molecule has 0 fully saturated rings. The summed E-state index contributed by atoms with van der Waals surface area (Å²) in [5.41, 5.74) is 24.3. The van der Waals surface area contributed by atoms with Gasteiger partial charge in [-0.2, -0.15) is 0 Å². The number of benzene rings is 12. The molecule has 0 unspecified atom stereocenters. The SMILES string of the molecule is CC(C)(C)c1cccc2c1Cc1c-2cccc1N(c1ccccc1)c1ccc2cc3c(cc2c1)oc1cc2cc4oc5cc6cc(N(c7ccccc7)c7cccc8c7Cc7c-8cccc7C(C)(C)C)ccc6cc5c4cc2cc13. The predicted molar refractivity (Wildman–Crippen MR) is 337 cm³/mol. The Morgan fingerprint density at radius 3 is 1.01 bits per heavy atom. The zero-order valence-corrected chi connectivity index (χ0v) is 45.9. The minimum absolute atomic E-state index is 0.0486. The molecule has 0 saturated heterocycles. The normalized spacial score (nSPS) is 13.0. The fourth-order valence-electron chi connectivity index (χ4n) is 13.8. The quantitative estimate of drug-likeness (QED) is 0.166. The maximum atomic E-state index is 6.80. The number of nitrogens with zero attached hydrogens (tertiary/aromatic N) is 2. The molecule has 0 saturated carbocycles. The van der Waals surface area contributed by atoms with E-state index < -0.39 is 0 Å². The van der Waals surface area contributed by atoms with E-state index in [1.165, 1.54) is 77.8 Å². The molecule has 80 heavy (non-hydrogen) atoms. The van der Waals surface area contributed by atoms with Gasteiger partial charge in [0.25, 0.3) is 0 Å². The van der Waals surface area contributed by atoms with Gasteiger partial charge in [0, 0.05) is 57.1 Å². The lowest BCUT2D eigenvalue weighted by atomic mass is 9.82. The van der Waals surface area contributed by atoms with Crippen LogP contribution in [0.2, 0.25) is 0 Å². The van der Waals surface area contributed by atoms with Crippen LogP contribution in [0, 0.1) is 0 Å². The first-order valence-corrected chi connectivity index (χ1v) is 28.2. The highest BCUT2D eigenvalue weighted by Crippen LogP contribution is 2.51. The summed E-state index contributed by atoms with van der Waals surface area (Å²) < 4.78 is 13.6. The number of fused-ring (bicyclic) bond motifs is 15. The zero-order chi connectivity index (χ0) is 53.8. The van der Waals surface area contributed by atoms with Gasteiger partial charge in [-0.3, -0.25) is 0 Å². The summed E-state index contributed by atoms with van der Waals surface area (Å²) in [5, 5.41) is 11.3. The molecule has 2 heterocycles. The van der Waals surface area contributed by atoms with Crippen LogP contribution in [-0.4, -0.2) is 0 Å². The number of anilines is 6. The molecule has 0 N–H and O–H groups in total. The molecule has 4 nitrogen and oxygen atoms in total. The second kappa shape index (κ2) is 17.1. The molecule has 4 heteroatoms. The van der Waals surface area contributed by atoms with Crippen LogP contribution in [0.3, 0.4) is 0 Å². The lowest BCUT2D eigenvalue weighted by Gasteiger charge is -2.28. The summed E-state index contributed by atoms with van der Waals surface area (Å²) in [4.78, 5) is 4.87. The van der Waals surface area contributed by atoms with E-state index in [1.54, 1.807) is 0 Å². The van der Waals surface area contributed by atoms with Crippen LogP contribution < -0.4 is 9.80 Å². The van der Waals surface area contributed by atoms with Crippen molar-refractivity contribution in [3.8, 4) is 22.3 Å². The van der Waals surface area contributed by atoms with E-state index in [9.17, 15) is 0 Å². The van der Waals surface area contributed by atoms with Crippen molar-refractivity contribution in [3.63, 3.8) is 0 Å². The van der Waals surface area contributed by atoms with Crippen molar-refractivity contribution in [3.05, 3.63) is 252 Å². The van der Waals surface area contributed by atoms with Gasteiger partial charge in [-0.05, 0) is 208 Å². The van der Waals surface area contributed by atoms with Gasteiger partial charge in [-0.15, -0.1) is 0 Å². The molecule has 0 bridgehead atoms. The molecular formula is C76H58N2O2. The maximum Gasteiger partial charge on any atom is 0.136 e. The van der Waals surface area contributed by atoms with Gasteiger partial charge in [0.05, 0.1) is 11.4 Å². The van der Waals surface area contributed by atoms with Crippen molar-refractivity contribution in [2.45, 2.75) is 65.2 Å². The molecule has 384 valence electrons. The third-order valence-electron chi connectivity index (χ3n) is 17.5. The van der Waals surface area contributed by atoms with Crippen LogP contribution in [0.4, 0.5) is 34.1 Å². The molecule has 2 aromatic heterocycles. The van der Waals surface area contributed by atoms with E-state index >= 15 is 0 Å². The molecule has 0 spiro atoms. The second-order valence-electron chi connectivity index (χ2n) is 24.5. The fourth-order valence-corrected chi connectivity index (χ4v) is 13.8. The van der Waals surface area contributed by atoms with Gasteiger partial charge in [-0.25, -0.2) is 0 Å². The summed E-state index contributed by atoms with van der Waals surface area (Å²) in [6, 6.07) is 80.7. The standard InChI is InChI=1S/C76H58N2O2/c1-75(2,3)67-25-13-21-55-57-23-15-27-69(61(57)43-59(55)67)77(51-17-9-7-10-18-51)53-31-29-45-35-63-65-37-49-38-66-64-36-46-30-32-54(34-48(46)40-72(64)80-74(66)42-50(49)41-73(65)79-71(63)39-47(45)33-53)78(52-19-11-8-12-20-52)70-28-16-24-58-56-22-14-26-68(76(4,5)6)60(56)44-62(58)70/h7-42H,43-44H2,1-6H3. The van der Waals surface area contributed by atoms with Crippen LogP contribution in [0.25, 0.3) is 98.4 Å². The third kappa shape index (κ3) is 7.21. The number of hydrogen-bond acceptors (Lipinski definition) is 4. The Balaban J connectivity index is 0.764. The Kier molecular flexibility index (Phi) is 9.96. The molecule has 0 atom stereocenters. The summed E-state index contributed by atoms with van der Waals surface area (Å²) >= 11 is 0. The van der Waals surface area contributed by atoms with E-state index in [-0.39, 0.29) is 10.8 Å². The van der Waals surface area contributed by atoms with Crippen LogP contribution in [0.5, 0.6) is 0 Å². The van der Waals surface area contributed by atoms with Crippen molar-refractivity contribution >= 4 is 110 Å². The molecular weight excluding hydrogens is 973 g/mol. The summed E-state index contributed by atoms with van der Waals surface area (Å²) in [7, 11) is 0. The van der Waals surface area contributed by atoms with E-state index in [2.05, 4.69) is 270 Å². The zero-order valence-electron chi connectivity index (χ0n) is 45.9. The Morgan fingerprint density at radius 1 is 0.287 bits per heavy atom. The van der Waals surface area contributed by atoms with E-state index in [0.29, 0.717) is 0 Å². The van der Waals surface area contributed by atoms with E-state index in [4.69, 9.17) is 8.83 Å². The largest absolute Gasteiger partial charge is 0.456 e. The van der Waals surface area contributed by atoms with Crippen molar-refractivity contribution < 1.29 is 8.83 Å². The van der Waals surface area contributed by atoms with Crippen LogP contribution >= 0.6 is 0 Å². The lowest BCUT2D eigenvalue weighted by Crippen LogP contribution is -2.14. The molecule has 0 amide bonds. The second-order valence-corrected chi connectivity index (χ2v) is 24.5. The van der Waals surface area contributed by atoms with Crippen LogP contribution in [0.15, 0.2) is 227 Å².